The van der Waals surface area contributed by atoms with Crippen molar-refractivity contribution in [2.24, 2.45) is 11.7 Å². The molecule has 0 aliphatic carbocycles. The van der Waals surface area contributed by atoms with Crippen LogP contribution in [-0.2, 0) is 0 Å². The fraction of sp³-hybridized carbons (Fsp3) is 0.636. The Labute approximate surface area is 81.9 Å². The fourth-order valence-corrected chi connectivity index (χ4v) is 1.01. The van der Waals surface area contributed by atoms with Gasteiger partial charge < -0.3 is 11.1 Å². The van der Waals surface area contributed by atoms with Crippen LogP contribution in [0.1, 0.15) is 33.1 Å². The summed E-state index contributed by atoms with van der Waals surface area (Å²) in [6, 6.07) is 0. The summed E-state index contributed by atoms with van der Waals surface area (Å²) in [6.45, 7) is 12.9. The lowest BCUT2D eigenvalue weighted by atomic mass is 10.00. The quantitative estimate of drug-likeness (QED) is 0.468. The van der Waals surface area contributed by atoms with E-state index in [9.17, 15) is 0 Å². The standard InChI is InChI=1S/C11H22N2/c1-9(2)10(3)7-5-6-8-13-11(4)12/h9,13H,3-8,12H2,1-2H3. The van der Waals surface area contributed by atoms with E-state index in [0.717, 1.165) is 19.4 Å². The van der Waals surface area contributed by atoms with Gasteiger partial charge >= 0.3 is 0 Å². The molecule has 0 amide bonds. The van der Waals surface area contributed by atoms with Gasteiger partial charge in [-0.1, -0.05) is 32.6 Å². The van der Waals surface area contributed by atoms with E-state index in [4.69, 9.17) is 5.73 Å². The van der Waals surface area contributed by atoms with Crippen LogP contribution in [-0.4, -0.2) is 6.54 Å². The third-order valence-electron chi connectivity index (χ3n) is 2.09. The largest absolute Gasteiger partial charge is 0.386 e. The zero-order valence-corrected chi connectivity index (χ0v) is 8.90. The number of hydrogen-bond donors (Lipinski definition) is 2. The topological polar surface area (TPSA) is 38.0 Å². The molecule has 3 N–H and O–H groups in total. The highest BCUT2D eigenvalue weighted by molar-refractivity contribution is 4.96. The maximum atomic E-state index is 5.36. The fourth-order valence-electron chi connectivity index (χ4n) is 1.01. The summed E-state index contributed by atoms with van der Waals surface area (Å²) in [5, 5.41) is 3.00. The van der Waals surface area contributed by atoms with Crippen LogP contribution in [0.5, 0.6) is 0 Å². The van der Waals surface area contributed by atoms with Gasteiger partial charge in [-0.05, 0) is 25.2 Å². The monoisotopic (exact) mass is 182 g/mol. The lowest BCUT2D eigenvalue weighted by Crippen LogP contribution is -2.19. The summed E-state index contributed by atoms with van der Waals surface area (Å²) in [6.07, 6.45) is 3.43. The second kappa shape index (κ2) is 6.58. The Balaban J connectivity index is 3.26. The van der Waals surface area contributed by atoms with Crippen molar-refractivity contribution >= 4 is 0 Å². The molecule has 2 nitrogen and oxygen atoms in total. The van der Waals surface area contributed by atoms with Crippen LogP contribution >= 0.6 is 0 Å². The molecule has 0 rings (SSSR count). The Bertz CT molecular complexity index is 171. The summed E-state index contributed by atoms with van der Waals surface area (Å²) >= 11 is 0. The van der Waals surface area contributed by atoms with Gasteiger partial charge in [-0.15, -0.1) is 0 Å². The van der Waals surface area contributed by atoms with E-state index in [1.165, 1.54) is 12.0 Å². The molecule has 0 aliphatic heterocycles. The number of unbranched alkanes of at least 4 members (excludes halogenated alkanes) is 1. The van der Waals surface area contributed by atoms with E-state index in [1.54, 1.807) is 0 Å². The second-order valence-electron chi connectivity index (χ2n) is 3.72. The first-order valence-corrected chi connectivity index (χ1v) is 4.90. The van der Waals surface area contributed by atoms with E-state index in [0.29, 0.717) is 11.7 Å². The zero-order chi connectivity index (χ0) is 10.3. The highest BCUT2D eigenvalue weighted by atomic mass is 15.0. The molecule has 13 heavy (non-hydrogen) atoms. The summed E-state index contributed by atoms with van der Waals surface area (Å²) in [4.78, 5) is 0. The Hall–Kier alpha value is -0.920. The van der Waals surface area contributed by atoms with Crippen molar-refractivity contribution in [2.45, 2.75) is 33.1 Å². The zero-order valence-electron chi connectivity index (χ0n) is 8.90. The molecule has 0 radical (unpaired) electrons. The predicted molar refractivity (Wildman–Crippen MR) is 59.2 cm³/mol. The van der Waals surface area contributed by atoms with Gasteiger partial charge in [0, 0.05) is 6.54 Å². The number of rotatable bonds is 7. The first kappa shape index (κ1) is 12.1. The van der Waals surface area contributed by atoms with Crippen molar-refractivity contribution in [3.63, 3.8) is 0 Å². The molecule has 0 aromatic heterocycles. The Morgan fingerprint density at radius 3 is 2.38 bits per heavy atom. The van der Waals surface area contributed by atoms with Crippen molar-refractivity contribution in [2.75, 3.05) is 6.54 Å². The lowest BCUT2D eigenvalue weighted by molar-refractivity contribution is 0.634. The molecule has 0 fully saturated rings. The highest BCUT2D eigenvalue weighted by Crippen LogP contribution is 2.13. The Morgan fingerprint density at radius 2 is 1.92 bits per heavy atom. The first-order valence-electron chi connectivity index (χ1n) is 4.90. The molecule has 0 spiro atoms. The Kier molecular flexibility index (Phi) is 6.11. The van der Waals surface area contributed by atoms with E-state index < -0.39 is 0 Å². The number of nitrogens with two attached hydrogens (primary N) is 1. The van der Waals surface area contributed by atoms with Crippen LogP contribution in [0.25, 0.3) is 0 Å². The van der Waals surface area contributed by atoms with E-state index in [-0.39, 0.29) is 0 Å². The average molecular weight is 182 g/mol. The maximum absolute atomic E-state index is 5.36. The number of hydrogen-bond acceptors (Lipinski definition) is 2. The first-order chi connectivity index (χ1) is 6.04. The van der Waals surface area contributed by atoms with Gasteiger partial charge in [0.05, 0.1) is 5.82 Å². The summed E-state index contributed by atoms with van der Waals surface area (Å²) in [5.74, 6) is 1.17. The predicted octanol–water partition coefficient (Wildman–Crippen LogP) is 2.39. The Morgan fingerprint density at radius 1 is 1.31 bits per heavy atom. The molecule has 0 atom stereocenters. The van der Waals surface area contributed by atoms with E-state index in [1.807, 2.05) is 0 Å². The summed E-state index contributed by atoms with van der Waals surface area (Å²) in [7, 11) is 0. The lowest BCUT2D eigenvalue weighted by Gasteiger charge is -2.09. The number of nitrogens with one attached hydrogen (secondary N) is 1. The minimum Gasteiger partial charge on any atom is -0.386 e. The summed E-state index contributed by atoms with van der Waals surface area (Å²) in [5.41, 5.74) is 6.70. The molecule has 2 heteroatoms. The molecule has 0 aromatic rings. The van der Waals surface area contributed by atoms with E-state index >= 15 is 0 Å². The normalized spacial score (nSPS) is 10.1. The smallest absolute Gasteiger partial charge is 0.0885 e. The van der Waals surface area contributed by atoms with Crippen molar-refractivity contribution < 1.29 is 0 Å². The molecular formula is C11H22N2. The van der Waals surface area contributed by atoms with Crippen LogP contribution in [0, 0.1) is 5.92 Å². The van der Waals surface area contributed by atoms with Gasteiger partial charge in [0.15, 0.2) is 0 Å². The van der Waals surface area contributed by atoms with Crippen LogP contribution < -0.4 is 11.1 Å². The van der Waals surface area contributed by atoms with Gasteiger partial charge in [0.2, 0.25) is 0 Å². The van der Waals surface area contributed by atoms with Gasteiger partial charge in [0.25, 0.3) is 0 Å². The minimum atomic E-state index is 0.558. The maximum Gasteiger partial charge on any atom is 0.0885 e. The van der Waals surface area contributed by atoms with Gasteiger partial charge in [-0.2, -0.15) is 0 Å². The molecule has 0 bridgehead atoms. The number of allylic oxidation sites excluding steroid dienone is 1. The van der Waals surface area contributed by atoms with Crippen LogP contribution in [0.15, 0.2) is 24.6 Å². The molecule has 0 heterocycles. The van der Waals surface area contributed by atoms with Gasteiger partial charge in [-0.25, -0.2) is 0 Å². The van der Waals surface area contributed by atoms with Gasteiger partial charge in [0.1, 0.15) is 0 Å². The van der Waals surface area contributed by atoms with Gasteiger partial charge in [-0.3, -0.25) is 0 Å². The average Bonchev–Trinajstić information content (AvgIpc) is 2.02. The van der Waals surface area contributed by atoms with Crippen molar-refractivity contribution in [1.29, 1.82) is 0 Å². The van der Waals surface area contributed by atoms with Crippen molar-refractivity contribution in [1.82, 2.24) is 5.32 Å². The molecule has 0 saturated heterocycles. The molecule has 0 aromatic carbocycles. The molecular weight excluding hydrogens is 160 g/mol. The summed E-state index contributed by atoms with van der Waals surface area (Å²) < 4.78 is 0. The molecule has 0 aliphatic rings. The minimum absolute atomic E-state index is 0.558. The second-order valence-corrected chi connectivity index (χ2v) is 3.72. The van der Waals surface area contributed by atoms with Crippen molar-refractivity contribution in [3.8, 4) is 0 Å². The molecule has 0 saturated carbocycles. The van der Waals surface area contributed by atoms with Crippen LogP contribution in [0.4, 0.5) is 0 Å². The molecule has 0 unspecified atom stereocenters. The third kappa shape index (κ3) is 7.44. The third-order valence-corrected chi connectivity index (χ3v) is 2.09. The SMILES string of the molecule is C=C(N)NCCCCC(=C)C(C)C. The van der Waals surface area contributed by atoms with E-state index in [2.05, 4.69) is 32.3 Å². The van der Waals surface area contributed by atoms with Crippen LogP contribution in [0.3, 0.4) is 0 Å². The van der Waals surface area contributed by atoms with Crippen LogP contribution in [0.2, 0.25) is 0 Å². The van der Waals surface area contributed by atoms with Crippen molar-refractivity contribution in [3.05, 3.63) is 24.6 Å². The molecule has 76 valence electrons. The highest BCUT2D eigenvalue weighted by Gasteiger charge is 1.99.